The van der Waals surface area contributed by atoms with E-state index in [1.165, 1.54) is 13.8 Å². The van der Waals surface area contributed by atoms with Crippen molar-refractivity contribution in [3.8, 4) is 0 Å². The van der Waals surface area contributed by atoms with Gasteiger partial charge < -0.3 is 5.32 Å². The largest absolute Gasteiger partial charge is 0.312 e. The van der Waals surface area contributed by atoms with Crippen molar-refractivity contribution in [1.29, 1.82) is 0 Å². The second kappa shape index (κ2) is 4.33. The molecular formula is C10H20N2O3S. The molecule has 0 saturated carbocycles. The maximum atomic E-state index is 11.7. The molecule has 1 aliphatic heterocycles. The first kappa shape index (κ1) is 13.4. The summed E-state index contributed by atoms with van der Waals surface area (Å²) in [6, 6.07) is 0.340. The number of nitrogens with one attached hydrogen (secondary N) is 1. The summed E-state index contributed by atoms with van der Waals surface area (Å²) in [6.45, 7) is 7.71. The molecule has 0 spiro atoms. The molecule has 1 amide bonds. The minimum absolute atomic E-state index is 0.231. The van der Waals surface area contributed by atoms with E-state index < -0.39 is 14.8 Å². The molecule has 16 heavy (non-hydrogen) atoms. The topological polar surface area (TPSA) is 66.5 Å². The Labute approximate surface area is 97.2 Å². The van der Waals surface area contributed by atoms with E-state index in [2.05, 4.69) is 5.32 Å². The molecule has 1 saturated heterocycles. The van der Waals surface area contributed by atoms with Gasteiger partial charge >= 0.3 is 0 Å². The quantitative estimate of drug-likeness (QED) is 0.761. The summed E-state index contributed by atoms with van der Waals surface area (Å²) < 4.78 is 23.1. The zero-order valence-corrected chi connectivity index (χ0v) is 11.1. The summed E-state index contributed by atoms with van der Waals surface area (Å²) >= 11 is 0. The number of sulfonamides is 1. The molecule has 0 aromatic rings. The molecule has 0 aliphatic carbocycles. The highest BCUT2D eigenvalue weighted by Gasteiger charge is 2.59. The first-order chi connectivity index (χ1) is 7.25. The van der Waals surface area contributed by atoms with Crippen LogP contribution in [0, 0.1) is 0 Å². The minimum atomic E-state index is -3.41. The second-order valence-electron chi connectivity index (χ2n) is 4.66. The normalized spacial score (nSPS) is 24.0. The Hall–Kier alpha value is -0.620. The van der Waals surface area contributed by atoms with Gasteiger partial charge in [-0.3, -0.25) is 4.79 Å². The van der Waals surface area contributed by atoms with E-state index in [4.69, 9.17) is 0 Å². The standard InChI is InChI=1S/C10H20N2O3S/c1-5-8(2)11-6-7-12-9(13)10(3,4)16(12,14)15/h8,11H,5-7H2,1-4H3. The number of rotatable bonds is 5. The molecule has 1 atom stereocenters. The minimum Gasteiger partial charge on any atom is -0.312 e. The van der Waals surface area contributed by atoms with Crippen LogP contribution >= 0.6 is 0 Å². The molecule has 1 heterocycles. The predicted molar refractivity (Wildman–Crippen MR) is 62.5 cm³/mol. The van der Waals surface area contributed by atoms with Gasteiger partial charge in [0, 0.05) is 19.1 Å². The molecule has 0 radical (unpaired) electrons. The van der Waals surface area contributed by atoms with Crippen LogP contribution in [0.4, 0.5) is 0 Å². The average molecular weight is 248 g/mol. The summed E-state index contributed by atoms with van der Waals surface area (Å²) in [6.07, 6.45) is 0.978. The lowest BCUT2D eigenvalue weighted by Crippen LogP contribution is -2.68. The lowest BCUT2D eigenvalue weighted by Gasteiger charge is -2.43. The zero-order valence-electron chi connectivity index (χ0n) is 10.3. The van der Waals surface area contributed by atoms with Crippen molar-refractivity contribution >= 4 is 15.9 Å². The number of hydrogen-bond donors (Lipinski definition) is 1. The predicted octanol–water partition coefficient (Wildman–Crippen LogP) is 0.325. The van der Waals surface area contributed by atoms with Gasteiger partial charge in [-0.25, -0.2) is 12.7 Å². The summed E-state index contributed by atoms with van der Waals surface area (Å²) in [5, 5.41) is 3.16. The monoisotopic (exact) mass is 248 g/mol. The van der Waals surface area contributed by atoms with E-state index in [1.54, 1.807) is 0 Å². The highest BCUT2D eigenvalue weighted by Crippen LogP contribution is 2.34. The lowest BCUT2D eigenvalue weighted by molar-refractivity contribution is -0.132. The van der Waals surface area contributed by atoms with Crippen LogP contribution in [-0.2, 0) is 14.8 Å². The molecule has 1 fully saturated rings. The third-order valence-electron chi connectivity index (χ3n) is 3.10. The molecule has 5 nitrogen and oxygen atoms in total. The molecule has 6 heteroatoms. The third-order valence-corrected chi connectivity index (χ3v) is 5.49. The van der Waals surface area contributed by atoms with Gasteiger partial charge in [0.15, 0.2) is 4.75 Å². The Morgan fingerprint density at radius 3 is 2.44 bits per heavy atom. The SMILES string of the molecule is CCC(C)NCCN1C(=O)C(C)(C)S1(=O)=O. The fraction of sp³-hybridized carbons (Fsp3) is 0.900. The maximum absolute atomic E-state index is 11.7. The Morgan fingerprint density at radius 1 is 1.44 bits per heavy atom. The number of carbonyl (C=O) groups excluding carboxylic acids is 1. The zero-order chi connectivity index (χ0) is 12.6. The van der Waals surface area contributed by atoms with E-state index in [0.29, 0.717) is 12.6 Å². The molecule has 1 unspecified atom stereocenters. The van der Waals surface area contributed by atoms with Gasteiger partial charge in [0.1, 0.15) is 0 Å². The summed E-state index contributed by atoms with van der Waals surface area (Å²) in [7, 11) is -3.41. The average Bonchev–Trinajstić information content (AvgIpc) is 2.22. The molecule has 94 valence electrons. The maximum Gasteiger partial charge on any atom is 0.258 e. The Balaban J connectivity index is 2.50. The smallest absolute Gasteiger partial charge is 0.258 e. The molecule has 1 rings (SSSR count). The molecule has 1 N–H and O–H groups in total. The Bertz CT molecular complexity index is 376. The van der Waals surface area contributed by atoms with Crippen LogP contribution in [0.15, 0.2) is 0 Å². The first-order valence-corrected chi connectivity index (χ1v) is 6.99. The van der Waals surface area contributed by atoms with Crippen molar-refractivity contribution in [1.82, 2.24) is 9.62 Å². The van der Waals surface area contributed by atoms with Crippen LogP contribution < -0.4 is 5.32 Å². The number of amides is 1. The summed E-state index contributed by atoms with van der Waals surface area (Å²) in [5.74, 6) is -0.307. The second-order valence-corrected chi connectivity index (χ2v) is 7.07. The van der Waals surface area contributed by atoms with Crippen molar-refractivity contribution in [3.05, 3.63) is 0 Å². The highest BCUT2D eigenvalue weighted by atomic mass is 32.2. The number of hydrogen-bond acceptors (Lipinski definition) is 4. The third kappa shape index (κ3) is 1.96. The van der Waals surface area contributed by atoms with E-state index >= 15 is 0 Å². The number of carbonyl (C=O) groups is 1. The van der Waals surface area contributed by atoms with Crippen LogP contribution in [0.2, 0.25) is 0 Å². The number of nitrogens with zero attached hydrogens (tertiary/aromatic N) is 1. The highest BCUT2D eigenvalue weighted by molar-refractivity contribution is 7.94. The molecule has 1 aliphatic rings. The molecule has 0 aromatic heterocycles. The first-order valence-electron chi connectivity index (χ1n) is 5.55. The van der Waals surface area contributed by atoms with Crippen molar-refractivity contribution < 1.29 is 13.2 Å². The van der Waals surface area contributed by atoms with Gasteiger partial charge in [0.25, 0.3) is 15.9 Å². The van der Waals surface area contributed by atoms with Crippen molar-refractivity contribution in [3.63, 3.8) is 0 Å². The van der Waals surface area contributed by atoms with Crippen LogP contribution in [-0.4, -0.2) is 42.5 Å². The Kier molecular flexibility index (Phi) is 3.64. The van der Waals surface area contributed by atoms with Crippen molar-refractivity contribution in [2.45, 2.75) is 44.9 Å². The molecule has 0 bridgehead atoms. The fourth-order valence-electron chi connectivity index (χ4n) is 1.53. The van der Waals surface area contributed by atoms with Crippen LogP contribution in [0.25, 0.3) is 0 Å². The van der Waals surface area contributed by atoms with E-state index in [-0.39, 0.29) is 12.5 Å². The van der Waals surface area contributed by atoms with Gasteiger partial charge in [0.2, 0.25) is 0 Å². The van der Waals surface area contributed by atoms with Gasteiger partial charge in [0.05, 0.1) is 0 Å². The Morgan fingerprint density at radius 2 is 2.00 bits per heavy atom. The fourth-order valence-corrected chi connectivity index (χ4v) is 3.06. The lowest BCUT2D eigenvalue weighted by atomic mass is 10.2. The van der Waals surface area contributed by atoms with Crippen LogP contribution in [0.3, 0.4) is 0 Å². The van der Waals surface area contributed by atoms with Gasteiger partial charge in [-0.1, -0.05) is 6.92 Å². The van der Waals surface area contributed by atoms with Crippen molar-refractivity contribution in [2.24, 2.45) is 0 Å². The van der Waals surface area contributed by atoms with E-state index in [1.807, 2.05) is 13.8 Å². The van der Waals surface area contributed by atoms with E-state index in [9.17, 15) is 13.2 Å². The van der Waals surface area contributed by atoms with Crippen LogP contribution in [0.5, 0.6) is 0 Å². The van der Waals surface area contributed by atoms with Crippen LogP contribution in [0.1, 0.15) is 34.1 Å². The summed E-state index contributed by atoms with van der Waals surface area (Å²) in [5.41, 5.74) is 0. The molecular weight excluding hydrogens is 228 g/mol. The van der Waals surface area contributed by atoms with Gasteiger partial charge in [-0.05, 0) is 27.2 Å². The van der Waals surface area contributed by atoms with E-state index in [0.717, 1.165) is 10.7 Å². The van der Waals surface area contributed by atoms with Crippen molar-refractivity contribution in [2.75, 3.05) is 13.1 Å². The molecule has 0 aromatic carbocycles. The van der Waals surface area contributed by atoms with Gasteiger partial charge in [-0.2, -0.15) is 0 Å². The van der Waals surface area contributed by atoms with Gasteiger partial charge in [-0.15, -0.1) is 0 Å². The summed E-state index contributed by atoms with van der Waals surface area (Å²) in [4.78, 5) is 11.6.